The lowest BCUT2D eigenvalue weighted by atomic mass is 10.0. The van der Waals surface area contributed by atoms with Crippen LogP contribution < -0.4 is 10.6 Å². The van der Waals surface area contributed by atoms with Crippen LogP contribution >= 0.6 is 0 Å². The third kappa shape index (κ3) is 11.5. The molecule has 6 heteroatoms. The lowest BCUT2D eigenvalue weighted by Gasteiger charge is -2.15. The van der Waals surface area contributed by atoms with Gasteiger partial charge in [-0.3, -0.25) is 4.79 Å². The number of alkyl halides is 3. The summed E-state index contributed by atoms with van der Waals surface area (Å²) in [6, 6.07) is 0.133. The molecule has 0 rings (SSSR count). The van der Waals surface area contributed by atoms with Crippen LogP contribution in [0.15, 0.2) is 0 Å². The van der Waals surface area contributed by atoms with E-state index in [0.29, 0.717) is 5.92 Å². The first kappa shape index (κ1) is 16.2. The Morgan fingerprint density at radius 2 is 1.76 bits per heavy atom. The first-order chi connectivity index (χ1) is 7.70. The molecule has 102 valence electrons. The molecule has 0 heterocycles. The van der Waals surface area contributed by atoms with Crippen molar-refractivity contribution in [3.63, 3.8) is 0 Å². The van der Waals surface area contributed by atoms with E-state index < -0.39 is 18.6 Å². The van der Waals surface area contributed by atoms with Crippen LogP contribution in [-0.2, 0) is 4.79 Å². The van der Waals surface area contributed by atoms with Crippen LogP contribution in [0.2, 0.25) is 0 Å². The van der Waals surface area contributed by atoms with Crippen LogP contribution in [0.1, 0.15) is 33.6 Å². The zero-order chi connectivity index (χ0) is 13.5. The fourth-order valence-electron chi connectivity index (χ4n) is 1.21. The molecular weight excluding hydrogens is 233 g/mol. The smallest absolute Gasteiger partial charge is 0.346 e. The molecule has 0 bridgehead atoms. The Hall–Kier alpha value is -0.780. The van der Waals surface area contributed by atoms with Gasteiger partial charge in [0.1, 0.15) is 6.54 Å². The molecule has 0 aliphatic rings. The fraction of sp³-hybridized carbons (Fsp3) is 0.909. The van der Waals surface area contributed by atoms with Crippen LogP contribution in [0.25, 0.3) is 0 Å². The highest BCUT2D eigenvalue weighted by Crippen LogP contribution is 2.11. The Morgan fingerprint density at radius 3 is 2.24 bits per heavy atom. The second-order valence-electron chi connectivity index (χ2n) is 4.65. The average molecular weight is 254 g/mol. The number of hydrogen-bond donors (Lipinski definition) is 2. The Labute approximate surface area is 100 Å². The van der Waals surface area contributed by atoms with Crippen molar-refractivity contribution in [1.82, 2.24) is 10.6 Å². The molecule has 17 heavy (non-hydrogen) atoms. The lowest BCUT2D eigenvalue weighted by Crippen LogP contribution is -2.41. The van der Waals surface area contributed by atoms with E-state index in [9.17, 15) is 18.0 Å². The van der Waals surface area contributed by atoms with Crippen molar-refractivity contribution in [3.8, 4) is 0 Å². The van der Waals surface area contributed by atoms with Gasteiger partial charge in [-0.1, -0.05) is 13.8 Å². The maximum absolute atomic E-state index is 11.8. The molecule has 0 fully saturated rings. The molecule has 0 aromatic rings. The van der Waals surface area contributed by atoms with E-state index in [1.807, 2.05) is 12.2 Å². The second-order valence-corrected chi connectivity index (χ2v) is 4.65. The van der Waals surface area contributed by atoms with E-state index >= 15 is 0 Å². The summed E-state index contributed by atoms with van der Waals surface area (Å²) in [5.41, 5.74) is 0. The first-order valence-electron chi connectivity index (χ1n) is 5.77. The number of carbonyl (C=O) groups is 1. The molecule has 0 saturated carbocycles. The number of hydrogen-bond acceptors (Lipinski definition) is 2. The number of halogens is 3. The van der Waals surface area contributed by atoms with Gasteiger partial charge in [-0.15, -0.1) is 0 Å². The summed E-state index contributed by atoms with van der Waals surface area (Å²) >= 11 is 0. The minimum Gasteiger partial charge on any atom is -0.346 e. The van der Waals surface area contributed by atoms with E-state index in [-0.39, 0.29) is 12.6 Å². The molecule has 0 aromatic carbocycles. The van der Waals surface area contributed by atoms with E-state index in [2.05, 4.69) is 19.2 Å². The van der Waals surface area contributed by atoms with Gasteiger partial charge in [-0.05, 0) is 25.7 Å². The highest BCUT2D eigenvalue weighted by atomic mass is 19.4. The van der Waals surface area contributed by atoms with Crippen molar-refractivity contribution in [2.75, 3.05) is 13.1 Å². The van der Waals surface area contributed by atoms with Gasteiger partial charge < -0.3 is 10.6 Å². The number of nitrogens with one attached hydrogen (secondary N) is 2. The van der Waals surface area contributed by atoms with Gasteiger partial charge in [-0.2, -0.15) is 13.2 Å². The van der Waals surface area contributed by atoms with Crippen LogP contribution in [0.3, 0.4) is 0 Å². The third-order valence-corrected chi connectivity index (χ3v) is 2.27. The molecule has 0 spiro atoms. The van der Waals surface area contributed by atoms with Gasteiger partial charge >= 0.3 is 6.18 Å². The Balaban J connectivity index is 3.62. The van der Waals surface area contributed by atoms with Gasteiger partial charge in [-0.25, -0.2) is 0 Å². The molecule has 0 aromatic heterocycles. The number of amides is 1. The van der Waals surface area contributed by atoms with Crippen molar-refractivity contribution in [2.45, 2.75) is 45.8 Å². The van der Waals surface area contributed by atoms with Gasteiger partial charge in [0.25, 0.3) is 0 Å². The number of rotatable bonds is 7. The van der Waals surface area contributed by atoms with Crippen LogP contribution in [0, 0.1) is 5.92 Å². The van der Waals surface area contributed by atoms with E-state index in [0.717, 1.165) is 12.8 Å². The highest BCUT2D eigenvalue weighted by Gasteiger charge is 2.27. The standard InChI is InChI=1S/C11H21F3N2O/c1-8(2)4-5-9(3)15-6-10(17)16-7-11(12,13)14/h8-9,15H,4-7H2,1-3H3,(H,16,17). The monoisotopic (exact) mass is 254 g/mol. The number of carbonyl (C=O) groups excluding carboxylic acids is 1. The zero-order valence-electron chi connectivity index (χ0n) is 10.5. The van der Waals surface area contributed by atoms with Crippen molar-refractivity contribution >= 4 is 5.91 Å². The van der Waals surface area contributed by atoms with Crippen LogP contribution in [0.4, 0.5) is 13.2 Å². The topological polar surface area (TPSA) is 41.1 Å². The lowest BCUT2D eigenvalue weighted by molar-refractivity contribution is -0.137. The maximum Gasteiger partial charge on any atom is 0.405 e. The van der Waals surface area contributed by atoms with Crippen molar-refractivity contribution in [1.29, 1.82) is 0 Å². The third-order valence-electron chi connectivity index (χ3n) is 2.27. The maximum atomic E-state index is 11.8. The summed E-state index contributed by atoms with van der Waals surface area (Å²) in [6.07, 6.45) is -2.42. The predicted molar refractivity (Wildman–Crippen MR) is 60.6 cm³/mol. The minimum atomic E-state index is -4.35. The summed E-state index contributed by atoms with van der Waals surface area (Å²) in [5, 5.41) is 4.71. The second kappa shape index (κ2) is 7.53. The highest BCUT2D eigenvalue weighted by molar-refractivity contribution is 5.78. The van der Waals surface area contributed by atoms with Crippen molar-refractivity contribution < 1.29 is 18.0 Å². The molecule has 3 nitrogen and oxygen atoms in total. The average Bonchev–Trinajstić information content (AvgIpc) is 2.19. The Kier molecular flexibility index (Phi) is 7.18. The Bertz CT molecular complexity index is 229. The molecule has 1 amide bonds. The molecule has 2 N–H and O–H groups in total. The zero-order valence-corrected chi connectivity index (χ0v) is 10.5. The molecule has 0 aliphatic carbocycles. The molecule has 1 atom stereocenters. The predicted octanol–water partition coefficient (Wildman–Crippen LogP) is 2.08. The molecule has 0 radical (unpaired) electrons. The quantitative estimate of drug-likeness (QED) is 0.730. The van der Waals surface area contributed by atoms with Gasteiger partial charge in [0.2, 0.25) is 5.91 Å². The minimum absolute atomic E-state index is 0.0741. The SMILES string of the molecule is CC(C)CCC(C)NCC(=O)NCC(F)(F)F. The summed E-state index contributed by atoms with van der Waals surface area (Å²) in [4.78, 5) is 11.1. The first-order valence-corrected chi connectivity index (χ1v) is 5.77. The largest absolute Gasteiger partial charge is 0.405 e. The van der Waals surface area contributed by atoms with Crippen molar-refractivity contribution in [3.05, 3.63) is 0 Å². The van der Waals surface area contributed by atoms with E-state index in [4.69, 9.17) is 0 Å². The van der Waals surface area contributed by atoms with Crippen LogP contribution in [0.5, 0.6) is 0 Å². The normalized spacial score (nSPS) is 13.8. The van der Waals surface area contributed by atoms with Crippen molar-refractivity contribution in [2.24, 2.45) is 5.92 Å². The van der Waals surface area contributed by atoms with E-state index in [1.165, 1.54) is 0 Å². The van der Waals surface area contributed by atoms with Gasteiger partial charge in [0.15, 0.2) is 0 Å². The molecule has 1 unspecified atom stereocenters. The summed E-state index contributed by atoms with van der Waals surface area (Å²) in [6.45, 7) is 4.77. The fourth-order valence-corrected chi connectivity index (χ4v) is 1.21. The van der Waals surface area contributed by atoms with Crippen LogP contribution in [-0.4, -0.2) is 31.2 Å². The summed E-state index contributed by atoms with van der Waals surface area (Å²) < 4.78 is 35.4. The molecule has 0 aliphatic heterocycles. The summed E-state index contributed by atoms with van der Waals surface area (Å²) in [5.74, 6) is -0.0444. The van der Waals surface area contributed by atoms with Gasteiger partial charge in [0, 0.05) is 6.04 Å². The summed E-state index contributed by atoms with van der Waals surface area (Å²) in [7, 11) is 0. The molecular formula is C11H21F3N2O. The van der Waals surface area contributed by atoms with E-state index in [1.54, 1.807) is 0 Å². The van der Waals surface area contributed by atoms with Gasteiger partial charge in [0.05, 0.1) is 6.54 Å². The molecule has 0 saturated heterocycles. The Morgan fingerprint density at radius 1 is 1.18 bits per heavy atom.